The van der Waals surface area contributed by atoms with Crippen LogP contribution in [0.2, 0.25) is 0 Å². The Kier molecular flexibility index (Phi) is 8.54. The first kappa shape index (κ1) is 15.6. The summed E-state index contributed by atoms with van der Waals surface area (Å²) in [5.74, 6) is 2.32. The molecule has 0 fully saturated rings. The third-order valence-electron chi connectivity index (χ3n) is 3.27. The molecule has 0 aliphatic heterocycles. The molecule has 0 aliphatic rings. The van der Waals surface area contributed by atoms with E-state index in [1.807, 2.05) is 0 Å². The molecule has 0 aromatic heterocycles. The van der Waals surface area contributed by atoms with Gasteiger partial charge in [0.1, 0.15) is 5.78 Å². The predicted molar refractivity (Wildman–Crippen MR) is 70.3 cm³/mol. The Morgan fingerprint density at radius 1 is 1.00 bits per heavy atom. The average Bonchev–Trinajstić information content (AvgIpc) is 2.20. The average molecular weight is 227 g/mol. The van der Waals surface area contributed by atoms with E-state index in [0.29, 0.717) is 23.5 Å². The number of ketones is 1. The van der Waals surface area contributed by atoms with E-state index in [1.54, 1.807) is 0 Å². The highest BCUT2D eigenvalue weighted by atomic mass is 16.1. The number of carbonyl (C=O) groups is 1. The highest BCUT2D eigenvalue weighted by Crippen LogP contribution is 2.21. The third-order valence-corrected chi connectivity index (χ3v) is 3.27. The van der Waals surface area contributed by atoms with Crippen molar-refractivity contribution in [3.63, 3.8) is 0 Å². The quantitative estimate of drug-likeness (QED) is 0.656. The number of Topliss-reactive ketones (excluding diaryl/α,β-unsaturated/α-hetero) is 1. The van der Waals surface area contributed by atoms with E-state index in [0.717, 1.165) is 38.6 Å². The van der Waals surface area contributed by atoms with Crippen LogP contribution in [0.5, 0.6) is 0 Å². The first-order valence-corrected chi connectivity index (χ1v) is 6.69. The molecule has 2 N–H and O–H groups in total. The van der Waals surface area contributed by atoms with Crippen molar-refractivity contribution in [2.75, 3.05) is 6.54 Å². The molecule has 96 valence electrons. The lowest BCUT2D eigenvalue weighted by Crippen LogP contribution is -2.16. The zero-order valence-corrected chi connectivity index (χ0v) is 11.5. The summed E-state index contributed by atoms with van der Waals surface area (Å²) in [6.45, 7) is 9.51. The highest BCUT2D eigenvalue weighted by molar-refractivity contribution is 5.78. The maximum Gasteiger partial charge on any atom is 0.132 e. The molecule has 0 saturated heterocycles. The van der Waals surface area contributed by atoms with Crippen LogP contribution >= 0.6 is 0 Å². The van der Waals surface area contributed by atoms with Gasteiger partial charge < -0.3 is 5.73 Å². The number of rotatable bonds is 9. The van der Waals surface area contributed by atoms with Crippen molar-refractivity contribution in [3.8, 4) is 0 Å². The molecule has 0 rings (SSSR count). The van der Waals surface area contributed by atoms with Gasteiger partial charge in [-0.15, -0.1) is 0 Å². The fourth-order valence-corrected chi connectivity index (χ4v) is 1.95. The van der Waals surface area contributed by atoms with Gasteiger partial charge >= 0.3 is 0 Å². The summed E-state index contributed by atoms with van der Waals surface area (Å²) in [5.41, 5.74) is 5.59. The van der Waals surface area contributed by atoms with Gasteiger partial charge in [0.05, 0.1) is 0 Å². The zero-order chi connectivity index (χ0) is 12.6. The summed E-state index contributed by atoms with van der Waals surface area (Å²) in [7, 11) is 0. The van der Waals surface area contributed by atoms with E-state index in [-0.39, 0.29) is 0 Å². The normalized spacial score (nSPS) is 13.4. The van der Waals surface area contributed by atoms with Crippen molar-refractivity contribution in [2.24, 2.45) is 23.5 Å². The van der Waals surface area contributed by atoms with Crippen LogP contribution in [0.25, 0.3) is 0 Å². The van der Waals surface area contributed by atoms with Crippen LogP contribution in [-0.2, 0) is 4.79 Å². The van der Waals surface area contributed by atoms with Crippen molar-refractivity contribution in [1.82, 2.24) is 0 Å². The fourth-order valence-electron chi connectivity index (χ4n) is 1.95. The molecule has 0 bridgehead atoms. The molecule has 0 spiro atoms. The maximum absolute atomic E-state index is 11.6. The third kappa shape index (κ3) is 7.86. The van der Waals surface area contributed by atoms with Crippen molar-refractivity contribution in [3.05, 3.63) is 0 Å². The number of nitrogens with two attached hydrogens (primary N) is 1. The minimum Gasteiger partial charge on any atom is -0.330 e. The molecular weight excluding hydrogens is 198 g/mol. The fraction of sp³-hybridized carbons (Fsp3) is 0.929. The monoisotopic (exact) mass is 227 g/mol. The molecule has 0 heterocycles. The molecule has 2 heteroatoms. The Labute approximate surface area is 101 Å². The molecular formula is C14H29NO. The molecule has 0 aromatic carbocycles. The van der Waals surface area contributed by atoms with Crippen LogP contribution in [0.4, 0.5) is 0 Å². The van der Waals surface area contributed by atoms with Gasteiger partial charge in [0, 0.05) is 12.8 Å². The Morgan fingerprint density at radius 2 is 1.56 bits per heavy atom. The molecule has 1 unspecified atom stereocenters. The second kappa shape index (κ2) is 8.74. The summed E-state index contributed by atoms with van der Waals surface area (Å²) < 4.78 is 0. The molecule has 0 aromatic rings. The predicted octanol–water partition coefficient (Wildman–Crippen LogP) is 3.39. The maximum atomic E-state index is 11.6. The standard InChI is InChI=1S/C14H29NO/c1-11(2)5-7-14(16)8-6-13(9-10-15)12(3)4/h11-13H,5-10,15H2,1-4H3. The van der Waals surface area contributed by atoms with Gasteiger partial charge in [0.2, 0.25) is 0 Å². The second-order valence-electron chi connectivity index (χ2n) is 5.59. The van der Waals surface area contributed by atoms with Crippen LogP contribution in [0, 0.1) is 17.8 Å². The number of carbonyl (C=O) groups excluding carboxylic acids is 1. The van der Waals surface area contributed by atoms with Crippen LogP contribution in [0.15, 0.2) is 0 Å². The van der Waals surface area contributed by atoms with Gasteiger partial charge in [-0.3, -0.25) is 4.79 Å². The summed E-state index contributed by atoms with van der Waals surface area (Å²) in [6, 6.07) is 0. The van der Waals surface area contributed by atoms with Crippen molar-refractivity contribution >= 4 is 5.78 Å². The van der Waals surface area contributed by atoms with Crippen molar-refractivity contribution < 1.29 is 4.79 Å². The summed E-state index contributed by atoms with van der Waals surface area (Å²) >= 11 is 0. The van der Waals surface area contributed by atoms with E-state index >= 15 is 0 Å². The zero-order valence-electron chi connectivity index (χ0n) is 11.5. The van der Waals surface area contributed by atoms with Gasteiger partial charge in [-0.1, -0.05) is 27.7 Å². The highest BCUT2D eigenvalue weighted by Gasteiger charge is 2.14. The van der Waals surface area contributed by atoms with Crippen molar-refractivity contribution in [1.29, 1.82) is 0 Å². The number of hydrogen-bond acceptors (Lipinski definition) is 2. The summed E-state index contributed by atoms with van der Waals surface area (Å²) in [4.78, 5) is 11.6. The first-order chi connectivity index (χ1) is 7.47. The van der Waals surface area contributed by atoms with E-state index in [9.17, 15) is 4.79 Å². The first-order valence-electron chi connectivity index (χ1n) is 6.69. The van der Waals surface area contributed by atoms with Gasteiger partial charge in [-0.25, -0.2) is 0 Å². The van der Waals surface area contributed by atoms with Crippen LogP contribution in [0.1, 0.15) is 59.8 Å². The Bertz CT molecular complexity index is 187. The minimum absolute atomic E-state index is 0.427. The minimum atomic E-state index is 0.427. The molecule has 0 amide bonds. The van der Waals surface area contributed by atoms with E-state index in [2.05, 4.69) is 27.7 Å². The molecule has 0 saturated carbocycles. The van der Waals surface area contributed by atoms with Gasteiger partial charge in [0.25, 0.3) is 0 Å². The van der Waals surface area contributed by atoms with E-state index in [1.165, 1.54) is 0 Å². The van der Waals surface area contributed by atoms with Gasteiger partial charge in [-0.2, -0.15) is 0 Å². The topological polar surface area (TPSA) is 43.1 Å². The largest absolute Gasteiger partial charge is 0.330 e. The lowest BCUT2D eigenvalue weighted by molar-refractivity contribution is -0.119. The molecule has 0 radical (unpaired) electrons. The lowest BCUT2D eigenvalue weighted by Gasteiger charge is -2.19. The summed E-state index contributed by atoms with van der Waals surface area (Å²) in [5, 5.41) is 0. The van der Waals surface area contributed by atoms with Crippen LogP contribution < -0.4 is 5.73 Å². The Balaban J connectivity index is 3.78. The number of hydrogen-bond donors (Lipinski definition) is 1. The molecule has 1 atom stereocenters. The summed E-state index contributed by atoms with van der Waals surface area (Å²) in [6.07, 6.45) is 4.60. The van der Waals surface area contributed by atoms with Crippen molar-refractivity contribution in [2.45, 2.75) is 59.8 Å². The van der Waals surface area contributed by atoms with Crippen LogP contribution in [0.3, 0.4) is 0 Å². The smallest absolute Gasteiger partial charge is 0.132 e. The Hall–Kier alpha value is -0.370. The van der Waals surface area contributed by atoms with E-state index in [4.69, 9.17) is 5.73 Å². The van der Waals surface area contributed by atoms with Gasteiger partial charge in [-0.05, 0) is 43.6 Å². The van der Waals surface area contributed by atoms with Crippen LogP contribution in [-0.4, -0.2) is 12.3 Å². The van der Waals surface area contributed by atoms with Gasteiger partial charge in [0.15, 0.2) is 0 Å². The SMILES string of the molecule is CC(C)CCC(=O)CCC(CCN)C(C)C. The molecule has 2 nitrogen and oxygen atoms in total. The Morgan fingerprint density at radius 3 is 2.00 bits per heavy atom. The lowest BCUT2D eigenvalue weighted by atomic mass is 9.87. The molecule has 16 heavy (non-hydrogen) atoms. The second-order valence-corrected chi connectivity index (χ2v) is 5.59. The molecule has 0 aliphatic carbocycles. The van der Waals surface area contributed by atoms with E-state index < -0.39 is 0 Å².